The molecule has 8 heteroatoms. The molecule has 8 nitrogen and oxygen atoms in total. The van der Waals surface area contributed by atoms with Gasteiger partial charge in [-0.2, -0.15) is 5.26 Å². The van der Waals surface area contributed by atoms with Crippen molar-refractivity contribution < 1.29 is 19.0 Å². The smallest absolute Gasteiger partial charge is 0.410 e. The first-order valence-corrected chi connectivity index (χ1v) is 10.9. The Bertz CT molecular complexity index is 757. The van der Waals surface area contributed by atoms with Crippen LogP contribution in [0, 0.1) is 11.3 Å². The fraction of sp³-hybridized carbons (Fsp3) is 0.652. The Morgan fingerprint density at radius 2 is 1.71 bits per heavy atom. The summed E-state index contributed by atoms with van der Waals surface area (Å²) < 4.78 is 17.4. The van der Waals surface area contributed by atoms with Crippen LogP contribution in [0.4, 0.5) is 4.79 Å². The van der Waals surface area contributed by atoms with Gasteiger partial charge < -0.3 is 19.1 Å². The third-order valence-corrected chi connectivity index (χ3v) is 5.35. The molecule has 0 spiro atoms. The fourth-order valence-corrected chi connectivity index (χ4v) is 3.87. The lowest BCUT2D eigenvalue weighted by Gasteiger charge is -2.46. The van der Waals surface area contributed by atoms with E-state index in [0.717, 1.165) is 45.0 Å². The molecule has 3 rings (SSSR count). The Labute approximate surface area is 185 Å². The molecule has 0 aliphatic carbocycles. The first-order chi connectivity index (χ1) is 14.7. The molecule has 31 heavy (non-hydrogen) atoms. The second-order valence-electron chi connectivity index (χ2n) is 9.29. The van der Waals surface area contributed by atoms with E-state index in [1.54, 1.807) is 24.1 Å². The Hall–Kier alpha value is -2.34. The lowest BCUT2D eigenvalue weighted by atomic mass is 10.1. The van der Waals surface area contributed by atoms with Gasteiger partial charge in [0.05, 0.1) is 23.8 Å². The summed E-state index contributed by atoms with van der Waals surface area (Å²) in [7, 11) is 1.78. The largest absolute Gasteiger partial charge is 0.492 e. The molecule has 0 radical (unpaired) electrons. The summed E-state index contributed by atoms with van der Waals surface area (Å²) in [5.74, 6) is 0.785. The molecule has 1 aromatic carbocycles. The lowest BCUT2D eigenvalue weighted by molar-refractivity contribution is -0.139. The predicted octanol–water partition coefficient (Wildman–Crippen LogP) is 2.19. The highest BCUT2D eigenvalue weighted by molar-refractivity contribution is 5.67. The third-order valence-electron chi connectivity index (χ3n) is 5.35. The number of hydrogen-bond acceptors (Lipinski definition) is 7. The van der Waals surface area contributed by atoms with E-state index in [1.807, 2.05) is 32.9 Å². The van der Waals surface area contributed by atoms with E-state index in [2.05, 4.69) is 15.9 Å². The van der Waals surface area contributed by atoms with E-state index in [1.165, 1.54) is 0 Å². The molecule has 2 fully saturated rings. The maximum Gasteiger partial charge on any atom is 0.410 e. The number of hydrogen-bond donors (Lipinski definition) is 0. The average Bonchev–Trinajstić information content (AvgIpc) is 2.70. The van der Waals surface area contributed by atoms with Crippen LogP contribution < -0.4 is 4.74 Å². The highest BCUT2D eigenvalue weighted by Gasteiger charge is 2.34. The van der Waals surface area contributed by atoms with Crippen molar-refractivity contribution >= 4 is 6.09 Å². The van der Waals surface area contributed by atoms with Crippen molar-refractivity contribution in [3.8, 4) is 11.8 Å². The van der Waals surface area contributed by atoms with Crippen molar-refractivity contribution in [2.45, 2.75) is 38.6 Å². The monoisotopic (exact) mass is 430 g/mol. The molecule has 0 aromatic heterocycles. The van der Waals surface area contributed by atoms with Gasteiger partial charge in [-0.25, -0.2) is 4.79 Å². The van der Waals surface area contributed by atoms with Crippen molar-refractivity contribution in [2.75, 3.05) is 59.5 Å². The first kappa shape index (κ1) is 23.3. The van der Waals surface area contributed by atoms with Gasteiger partial charge in [-0.05, 0) is 45.0 Å². The number of rotatable bonds is 7. The summed E-state index contributed by atoms with van der Waals surface area (Å²) in [5.41, 5.74) is 0.157. The number of nitrogens with zero attached hydrogens (tertiary/aromatic N) is 4. The molecule has 2 aliphatic heterocycles. The number of ether oxygens (including phenoxy) is 3. The van der Waals surface area contributed by atoms with Gasteiger partial charge in [0.25, 0.3) is 0 Å². The fourth-order valence-electron chi connectivity index (χ4n) is 3.87. The normalized spacial score (nSPS) is 21.9. The highest BCUT2D eigenvalue weighted by Crippen LogP contribution is 2.19. The van der Waals surface area contributed by atoms with Gasteiger partial charge in [0, 0.05) is 52.9 Å². The van der Waals surface area contributed by atoms with Crippen LogP contribution in [0.25, 0.3) is 0 Å². The molecule has 0 saturated carbocycles. The van der Waals surface area contributed by atoms with E-state index in [-0.39, 0.29) is 18.3 Å². The number of nitriles is 1. The zero-order valence-corrected chi connectivity index (χ0v) is 19.0. The van der Waals surface area contributed by atoms with Gasteiger partial charge >= 0.3 is 6.09 Å². The molecule has 0 N–H and O–H groups in total. The maximum atomic E-state index is 12.1. The molecule has 2 atom stereocenters. The first-order valence-electron chi connectivity index (χ1n) is 10.9. The van der Waals surface area contributed by atoms with Crippen LogP contribution in [0.1, 0.15) is 26.3 Å². The van der Waals surface area contributed by atoms with Crippen LogP contribution in [0.2, 0.25) is 0 Å². The van der Waals surface area contributed by atoms with Crippen molar-refractivity contribution in [3.05, 3.63) is 29.8 Å². The SMILES string of the molecule is CN(CCN1CC2CN(CCOc3ccc(C#N)cc3)CC(C1)O2)C(=O)OC(C)(C)C. The van der Waals surface area contributed by atoms with Gasteiger partial charge in [-0.15, -0.1) is 0 Å². The number of fused-ring (bicyclic) bond motifs is 2. The summed E-state index contributed by atoms with van der Waals surface area (Å²) in [6.07, 6.45) is 0.0675. The van der Waals surface area contributed by atoms with Crippen LogP contribution in [-0.4, -0.2) is 98.1 Å². The topological polar surface area (TPSA) is 78.3 Å². The number of likely N-dealkylation sites (N-methyl/N-ethyl adjacent to an activating group) is 1. The van der Waals surface area contributed by atoms with E-state index < -0.39 is 5.60 Å². The van der Waals surface area contributed by atoms with E-state index in [0.29, 0.717) is 18.7 Å². The van der Waals surface area contributed by atoms with Crippen LogP contribution in [0.3, 0.4) is 0 Å². The second-order valence-corrected chi connectivity index (χ2v) is 9.29. The molecule has 2 heterocycles. The molecule has 1 amide bonds. The number of carbonyl (C=O) groups excluding carboxylic acids is 1. The van der Waals surface area contributed by atoms with Gasteiger partial charge in [-0.3, -0.25) is 9.80 Å². The summed E-state index contributed by atoms with van der Waals surface area (Å²) in [5, 5.41) is 8.86. The molecular weight excluding hydrogens is 396 g/mol. The van der Waals surface area contributed by atoms with Crippen LogP contribution in [-0.2, 0) is 9.47 Å². The molecule has 170 valence electrons. The zero-order valence-electron chi connectivity index (χ0n) is 19.0. The Morgan fingerprint density at radius 3 is 2.26 bits per heavy atom. The summed E-state index contributed by atoms with van der Waals surface area (Å²) in [6.45, 7) is 12.0. The molecule has 1 aromatic rings. The van der Waals surface area contributed by atoms with Gasteiger partial charge in [0.1, 0.15) is 18.0 Å². The minimum absolute atomic E-state index is 0.175. The summed E-state index contributed by atoms with van der Waals surface area (Å²) >= 11 is 0. The third kappa shape index (κ3) is 7.39. The van der Waals surface area contributed by atoms with E-state index in [4.69, 9.17) is 19.5 Å². The quantitative estimate of drug-likeness (QED) is 0.656. The molecule has 2 bridgehead atoms. The number of amides is 1. The van der Waals surface area contributed by atoms with Crippen molar-refractivity contribution in [3.63, 3.8) is 0 Å². The Kier molecular flexibility index (Phi) is 7.76. The molecule has 2 aliphatic rings. The average molecular weight is 431 g/mol. The minimum atomic E-state index is -0.478. The minimum Gasteiger partial charge on any atom is -0.492 e. The molecular formula is C23H34N4O4. The van der Waals surface area contributed by atoms with Gasteiger partial charge in [0.15, 0.2) is 0 Å². The van der Waals surface area contributed by atoms with Crippen LogP contribution in [0.15, 0.2) is 24.3 Å². The Morgan fingerprint density at radius 1 is 1.13 bits per heavy atom. The van der Waals surface area contributed by atoms with Gasteiger partial charge in [-0.1, -0.05) is 0 Å². The standard InChI is InChI=1S/C23H34N4O4/c1-23(2,3)31-22(28)25(4)9-10-26-14-20-16-27(17-21(15-26)30-20)11-12-29-19-7-5-18(13-24)6-8-19/h5-8,20-21H,9-12,14-17H2,1-4H3. The summed E-state index contributed by atoms with van der Waals surface area (Å²) in [4.78, 5) is 18.5. The molecule has 2 unspecified atom stereocenters. The highest BCUT2D eigenvalue weighted by atomic mass is 16.6. The Balaban J connectivity index is 1.37. The number of carbonyl (C=O) groups is 1. The van der Waals surface area contributed by atoms with Crippen molar-refractivity contribution in [1.29, 1.82) is 5.26 Å². The van der Waals surface area contributed by atoms with E-state index in [9.17, 15) is 4.79 Å². The second kappa shape index (κ2) is 10.3. The lowest BCUT2D eigenvalue weighted by Crippen LogP contribution is -2.60. The predicted molar refractivity (Wildman–Crippen MR) is 117 cm³/mol. The number of benzene rings is 1. The van der Waals surface area contributed by atoms with Crippen molar-refractivity contribution in [2.24, 2.45) is 0 Å². The number of morpholine rings is 2. The van der Waals surface area contributed by atoms with E-state index >= 15 is 0 Å². The van der Waals surface area contributed by atoms with Crippen molar-refractivity contribution in [1.82, 2.24) is 14.7 Å². The van der Waals surface area contributed by atoms with Crippen LogP contribution >= 0.6 is 0 Å². The summed E-state index contributed by atoms with van der Waals surface area (Å²) in [6, 6.07) is 9.31. The molecule has 2 saturated heterocycles. The van der Waals surface area contributed by atoms with Gasteiger partial charge in [0.2, 0.25) is 0 Å². The maximum absolute atomic E-state index is 12.1. The van der Waals surface area contributed by atoms with Crippen LogP contribution in [0.5, 0.6) is 5.75 Å². The zero-order chi connectivity index (χ0) is 22.4.